The molecule has 10 heteroatoms. The number of non-ortho nitro benzene ring substituents is 1. The number of nitrogens with zero attached hydrogens (tertiary/aromatic N) is 3. The summed E-state index contributed by atoms with van der Waals surface area (Å²) in [6, 6.07) is 6.55. The molecule has 0 unspecified atom stereocenters. The second kappa shape index (κ2) is 11.0. The lowest BCUT2D eigenvalue weighted by Crippen LogP contribution is -2.48. The Morgan fingerprint density at radius 1 is 1.09 bits per heavy atom. The van der Waals surface area contributed by atoms with Gasteiger partial charge in [0.15, 0.2) is 0 Å². The molecule has 34 heavy (non-hydrogen) atoms. The van der Waals surface area contributed by atoms with Gasteiger partial charge in [0.05, 0.1) is 23.6 Å². The molecule has 0 spiro atoms. The van der Waals surface area contributed by atoms with E-state index in [1.54, 1.807) is 19.1 Å². The molecule has 1 amide bonds. The van der Waals surface area contributed by atoms with Gasteiger partial charge < -0.3 is 15.0 Å². The Hall–Kier alpha value is -2.98. The summed E-state index contributed by atoms with van der Waals surface area (Å²) in [4.78, 5) is 41.4. The monoisotopic (exact) mass is 486 g/mol. The fourth-order valence-electron chi connectivity index (χ4n) is 4.57. The van der Waals surface area contributed by atoms with E-state index in [0.717, 1.165) is 56.4 Å². The molecule has 1 N–H and O–H groups in total. The zero-order valence-corrected chi connectivity index (χ0v) is 20.2. The largest absolute Gasteiger partial charge is 0.462 e. The van der Waals surface area contributed by atoms with Crippen molar-refractivity contribution in [2.24, 2.45) is 0 Å². The number of nitro benzene ring substituents is 1. The number of thiophene rings is 1. The summed E-state index contributed by atoms with van der Waals surface area (Å²) >= 11 is 1.51. The molecule has 4 rings (SSSR count). The Morgan fingerprint density at radius 2 is 1.79 bits per heavy atom. The Bertz CT molecular complexity index is 1040. The smallest absolute Gasteiger partial charge is 0.341 e. The molecule has 1 aromatic heterocycles. The van der Waals surface area contributed by atoms with Crippen molar-refractivity contribution in [3.05, 3.63) is 50.4 Å². The molecular formula is C24H30N4O5S. The van der Waals surface area contributed by atoms with Crippen molar-refractivity contribution in [2.45, 2.75) is 39.0 Å². The highest BCUT2D eigenvalue weighted by molar-refractivity contribution is 7.17. The van der Waals surface area contributed by atoms with Crippen LogP contribution in [-0.2, 0) is 22.4 Å². The van der Waals surface area contributed by atoms with Crippen LogP contribution in [0.15, 0.2) is 24.3 Å². The standard InChI is InChI=1S/C24H30N4O5S/c1-2-33-24(30)22-19-6-4-3-5-7-20(19)34-23(22)25-21(29)16-26-12-14-27(15-13-26)17-8-10-18(11-9-17)28(31)32/h8-11H,2-7,12-16H2,1H3,(H,25,29). The topological polar surface area (TPSA) is 105 Å². The fourth-order valence-corrected chi connectivity index (χ4v) is 5.86. The number of carbonyl (C=O) groups excluding carboxylic acids is 2. The minimum Gasteiger partial charge on any atom is -0.462 e. The number of esters is 1. The van der Waals surface area contributed by atoms with Gasteiger partial charge in [-0.05, 0) is 50.3 Å². The molecule has 0 saturated carbocycles. The van der Waals surface area contributed by atoms with E-state index in [2.05, 4.69) is 15.1 Å². The van der Waals surface area contributed by atoms with Crippen LogP contribution in [0, 0.1) is 10.1 Å². The molecule has 1 fully saturated rings. The highest BCUT2D eigenvalue weighted by atomic mass is 32.1. The van der Waals surface area contributed by atoms with E-state index in [0.29, 0.717) is 30.3 Å². The van der Waals surface area contributed by atoms with Gasteiger partial charge in [0, 0.05) is 48.9 Å². The van der Waals surface area contributed by atoms with E-state index in [4.69, 9.17) is 4.74 Å². The number of piperazine rings is 1. The van der Waals surface area contributed by atoms with Gasteiger partial charge in [-0.25, -0.2) is 4.79 Å². The summed E-state index contributed by atoms with van der Waals surface area (Å²) < 4.78 is 5.30. The maximum atomic E-state index is 12.9. The quantitative estimate of drug-likeness (QED) is 0.274. The van der Waals surface area contributed by atoms with Gasteiger partial charge in [-0.3, -0.25) is 19.8 Å². The molecule has 1 aromatic carbocycles. The number of nitrogens with one attached hydrogen (secondary N) is 1. The molecule has 1 aliphatic heterocycles. The normalized spacial score (nSPS) is 16.4. The molecule has 182 valence electrons. The molecule has 9 nitrogen and oxygen atoms in total. The first kappa shape index (κ1) is 24.2. The molecule has 2 heterocycles. The Kier molecular flexibility index (Phi) is 7.79. The predicted octanol–water partition coefficient (Wildman–Crippen LogP) is 3.86. The number of carbonyl (C=O) groups is 2. The average Bonchev–Trinajstić information content (AvgIpc) is 2.99. The third-order valence-electron chi connectivity index (χ3n) is 6.32. The lowest BCUT2D eigenvalue weighted by Gasteiger charge is -2.35. The summed E-state index contributed by atoms with van der Waals surface area (Å²) in [5.41, 5.74) is 2.61. The maximum Gasteiger partial charge on any atom is 0.341 e. The van der Waals surface area contributed by atoms with Gasteiger partial charge in [-0.1, -0.05) is 6.42 Å². The summed E-state index contributed by atoms with van der Waals surface area (Å²) in [6.07, 6.45) is 5.08. The van der Waals surface area contributed by atoms with Crippen LogP contribution in [0.25, 0.3) is 0 Å². The van der Waals surface area contributed by atoms with Crippen molar-refractivity contribution >= 4 is 39.6 Å². The number of ether oxygens (including phenoxy) is 1. The molecular weight excluding hydrogens is 456 g/mol. The maximum absolute atomic E-state index is 12.9. The van der Waals surface area contributed by atoms with E-state index in [1.807, 2.05) is 0 Å². The van der Waals surface area contributed by atoms with E-state index in [1.165, 1.54) is 28.3 Å². The molecule has 1 saturated heterocycles. The van der Waals surface area contributed by atoms with Crippen molar-refractivity contribution < 1.29 is 19.2 Å². The molecule has 1 aliphatic carbocycles. The number of amides is 1. The van der Waals surface area contributed by atoms with Gasteiger partial charge >= 0.3 is 5.97 Å². The zero-order chi connectivity index (χ0) is 24.1. The van der Waals surface area contributed by atoms with Crippen LogP contribution in [-0.4, -0.2) is 61.0 Å². The van der Waals surface area contributed by atoms with Crippen LogP contribution < -0.4 is 10.2 Å². The summed E-state index contributed by atoms with van der Waals surface area (Å²) in [5, 5.41) is 14.5. The van der Waals surface area contributed by atoms with Gasteiger partial charge in [-0.2, -0.15) is 0 Å². The molecule has 0 bridgehead atoms. The average molecular weight is 487 g/mol. The van der Waals surface area contributed by atoms with Crippen LogP contribution in [0.4, 0.5) is 16.4 Å². The van der Waals surface area contributed by atoms with E-state index < -0.39 is 4.92 Å². The van der Waals surface area contributed by atoms with Gasteiger partial charge in [0.2, 0.25) is 5.91 Å². The van der Waals surface area contributed by atoms with Crippen molar-refractivity contribution in [3.8, 4) is 0 Å². The first-order valence-corrected chi connectivity index (χ1v) is 12.6. The second-order valence-corrected chi connectivity index (χ2v) is 9.68. The lowest BCUT2D eigenvalue weighted by atomic mass is 10.1. The highest BCUT2D eigenvalue weighted by Gasteiger charge is 2.27. The van der Waals surface area contributed by atoms with Crippen LogP contribution in [0.3, 0.4) is 0 Å². The van der Waals surface area contributed by atoms with E-state index in [9.17, 15) is 19.7 Å². The van der Waals surface area contributed by atoms with E-state index >= 15 is 0 Å². The van der Waals surface area contributed by atoms with Crippen molar-refractivity contribution in [1.82, 2.24) is 4.90 Å². The van der Waals surface area contributed by atoms with Gasteiger partial charge in [0.25, 0.3) is 5.69 Å². The Balaban J connectivity index is 1.36. The Labute approximate surface area is 202 Å². The molecule has 0 atom stereocenters. The summed E-state index contributed by atoms with van der Waals surface area (Å²) in [5.74, 6) is -0.486. The number of benzene rings is 1. The summed E-state index contributed by atoms with van der Waals surface area (Å²) in [7, 11) is 0. The SMILES string of the molecule is CCOC(=O)c1c(NC(=O)CN2CCN(c3ccc([N+](=O)[O-])cc3)CC2)sc2c1CCCCC2. The number of aryl methyl sites for hydroxylation is 1. The molecule has 2 aliphatic rings. The highest BCUT2D eigenvalue weighted by Crippen LogP contribution is 2.38. The number of anilines is 2. The number of rotatable bonds is 7. The van der Waals surface area contributed by atoms with Crippen molar-refractivity contribution in [1.29, 1.82) is 0 Å². The minimum absolute atomic E-state index is 0.0760. The van der Waals surface area contributed by atoms with Crippen molar-refractivity contribution in [2.75, 3.05) is 49.5 Å². The first-order chi connectivity index (χ1) is 16.5. The number of nitro groups is 1. The second-order valence-electron chi connectivity index (χ2n) is 8.57. The third kappa shape index (κ3) is 5.56. The lowest BCUT2D eigenvalue weighted by molar-refractivity contribution is -0.384. The van der Waals surface area contributed by atoms with Gasteiger partial charge in [0.1, 0.15) is 5.00 Å². The zero-order valence-electron chi connectivity index (χ0n) is 19.4. The Morgan fingerprint density at radius 3 is 2.47 bits per heavy atom. The summed E-state index contributed by atoms with van der Waals surface area (Å²) in [6.45, 7) is 5.21. The predicted molar refractivity (Wildman–Crippen MR) is 132 cm³/mol. The third-order valence-corrected chi connectivity index (χ3v) is 7.53. The van der Waals surface area contributed by atoms with Crippen LogP contribution in [0.2, 0.25) is 0 Å². The van der Waals surface area contributed by atoms with Crippen LogP contribution >= 0.6 is 11.3 Å². The number of hydrogen-bond acceptors (Lipinski definition) is 8. The first-order valence-electron chi connectivity index (χ1n) is 11.8. The van der Waals surface area contributed by atoms with Crippen LogP contribution in [0.1, 0.15) is 47.0 Å². The van der Waals surface area contributed by atoms with Crippen molar-refractivity contribution in [3.63, 3.8) is 0 Å². The molecule has 2 aromatic rings. The fraction of sp³-hybridized carbons (Fsp3) is 0.500. The number of fused-ring (bicyclic) bond motifs is 1. The minimum atomic E-state index is -0.404. The molecule has 0 radical (unpaired) electrons. The van der Waals surface area contributed by atoms with Gasteiger partial charge in [-0.15, -0.1) is 11.3 Å². The number of hydrogen-bond donors (Lipinski definition) is 1. The van der Waals surface area contributed by atoms with E-state index in [-0.39, 0.29) is 24.1 Å². The van der Waals surface area contributed by atoms with Crippen LogP contribution in [0.5, 0.6) is 0 Å².